The summed E-state index contributed by atoms with van der Waals surface area (Å²) in [6.45, 7) is 6.30. The molecule has 1 heteroatoms. The number of carbonyl (C=O) groups excluding carboxylic acids is 1. The Morgan fingerprint density at radius 2 is 1.69 bits per heavy atom. The van der Waals surface area contributed by atoms with Gasteiger partial charge in [0.15, 0.2) is 0 Å². The topological polar surface area (TPSA) is 17.1 Å². The Labute approximate surface area is 98.9 Å². The fourth-order valence-corrected chi connectivity index (χ4v) is 2.11. The van der Waals surface area contributed by atoms with Gasteiger partial charge in [0.25, 0.3) is 0 Å². The van der Waals surface area contributed by atoms with E-state index in [1.165, 1.54) is 16.7 Å². The minimum Gasteiger partial charge on any atom is -0.300 e. The van der Waals surface area contributed by atoms with Gasteiger partial charge in [-0.3, -0.25) is 4.79 Å². The van der Waals surface area contributed by atoms with Crippen LogP contribution in [0.25, 0.3) is 0 Å². The lowest BCUT2D eigenvalue weighted by Gasteiger charge is -2.04. The minimum atomic E-state index is 0.409. The molecule has 0 radical (unpaired) electrons. The standard InChI is InChI=1S/C15H22O/c1-4-6-15(16)8-5-7-14-10-12(2)9-13(3)11-14/h9-11H,4-8H2,1-3H3. The highest BCUT2D eigenvalue weighted by molar-refractivity contribution is 5.78. The molecule has 0 unspecified atom stereocenters. The number of rotatable bonds is 6. The molecule has 0 fully saturated rings. The lowest BCUT2D eigenvalue weighted by atomic mass is 10.0. The molecule has 1 aromatic rings. The molecule has 0 saturated carbocycles. The first-order valence-electron chi connectivity index (χ1n) is 6.20. The van der Waals surface area contributed by atoms with Crippen molar-refractivity contribution in [3.05, 3.63) is 34.9 Å². The molecule has 0 bridgehead atoms. The molecule has 0 aromatic heterocycles. The molecule has 0 aliphatic carbocycles. The van der Waals surface area contributed by atoms with Crippen LogP contribution in [0, 0.1) is 13.8 Å². The number of hydrogen-bond donors (Lipinski definition) is 0. The minimum absolute atomic E-state index is 0.409. The number of Topliss-reactive ketones (excluding diaryl/α,β-unsaturated/α-hetero) is 1. The molecule has 0 aliphatic rings. The Balaban J connectivity index is 2.40. The first-order valence-corrected chi connectivity index (χ1v) is 6.20. The first-order chi connectivity index (χ1) is 7.61. The summed E-state index contributed by atoms with van der Waals surface area (Å²) >= 11 is 0. The van der Waals surface area contributed by atoms with Gasteiger partial charge in [-0.05, 0) is 38.7 Å². The number of benzene rings is 1. The Kier molecular flexibility index (Phi) is 5.24. The zero-order valence-electron chi connectivity index (χ0n) is 10.7. The molecule has 88 valence electrons. The Morgan fingerprint density at radius 1 is 1.06 bits per heavy atom. The lowest BCUT2D eigenvalue weighted by molar-refractivity contribution is -0.119. The third-order valence-corrected chi connectivity index (χ3v) is 2.73. The molecular weight excluding hydrogens is 196 g/mol. The molecule has 1 rings (SSSR count). The van der Waals surface area contributed by atoms with Crippen molar-refractivity contribution in [1.82, 2.24) is 0 Å². The summed E-state index contributed by atoms with van der Waals surface area (Å²) in [4.78, 5) is 11.4. The van der Waals surface area contributed by atoms with Crippen LogP contribution in [0.2, 0.25) is 0 Å². The monoisotopic (exact) mass is 218 g/mol. The summed E-state index contributed by atoms with van der Waals surface area (Å²) in [6.07, 6.45) is 4.47. The van der Waals surface area contributed by atoms with Crippen molar-refractivity contribution in [3.8, 4) is 0 Å². The van der Waals surface area contributed by atoms with Gasteiger partial charge in [0.05, 0.1) is 0 Å². The van der Waals surface area contributed by atoms with Crippen molar-refractivity contribution in [3.63, 3.8) is 0 Å². The van der Waals surface area contributed by atoms with Crippen LogP contribution in [0.15, 0.2) is 18.2 Å². The maximum absolute atomic E-state index is 11.4. The second kappa shape index (κ2) is 6.47. The van der Waals surface area contributed by atoms with Crippen LogP contribution in [-0.4, -0.2) is 5.78 Å². The van der Waals surface area contributed by atoms with E-state index < -0.39 is 0 Å². The SMILES string of the molecule is CCCC(=O)CCCc1cc(C)cc(C)c1. The molecule has 0 atom stereocenters. The average molecular weight is 218 g/mol. The Bertz CT molecular complexity index is 332. The largest absolute Gasteiger partial charge is 0.300 e. The Hall–Kier alpha value is -1.11. The number of aryl methyl sites for hydroxylation is 3. The van der Waals surface area contributed by atoms with Gasteiger partial charge in [-0.25, -0.2) is 0 Å². The van der Waals surface area contributed by atoms with E-state index in [2.05, 4.69) is 39.0 Å². The van der Waals surface area contributed by atoms with Crippen LogP contribution in [-0.2, 0) is 11.2 Å². The highest BCUT2D eigenvalue weighted by atomic mass is 16.1. The second-order valence-electron chi connectivity index (χ2n) is 4.64. The molecule has 0 heterocycles. The van der Waals surface area contributed by atoms with Gasteiger partial charge in [0.1, 0.15) is 5.78 Å². The van der Waals surface area contributed by atoms with Gasteiger partial charge in [-0.2, -0.15) is 0 Å². The van der Waals surface area contributed by atoms with Gasteiger partial charge in [-0.15, -0.1) is 0 Å². The van der Waals surface area contributed by atoms with E-state index in [1.807, 2.05) is 0 Å². The summed E-state index contributed by atoms with van der Waals surface area (Å²) in [5.74, 6) is 0.409. The molecule has 16 heavy (non-hydrogen) atoms. The molecule has 0 aliphatic heterocycles. The Morgan fingerprint density at radius 3 is 2.25 bits per heavy atom. The first kappa shape index (κ1) is 13.0. The van der Waals surface area contributed by atoms with Gasteiger partial charge < -0.3 is 0 Å². The van der Waals surface area contributed by atoms with E-state index in [0.29, 0.717) is 5.78 Å². The third kappa shape index (κ3) is 4.61. The summed E-state index contributed by atoms with van der Waals surface area (Å²) < 4.78 is 0. The molecular formula is C15H22O. The van der Waals surface area contributed by atoms with Crippen LogP contribution in [0.1, 0.15) is 49.3 Å². The van der Waals surface area contributed by atoms with Crippen molar-refractivity contribution in [2.75, 3.05) is 0 Å². The average Bonchev–Trinajstić information content (AvgIpc) is 2.16. The van der Waals surface area contributed by atoms with Crippen LogP contribution in [0.5, 0.6) is 0 Å². The molecule has 0 saturated heterocycles. The van der Waals surface area contributed by atoms with E-state index >= 15 is 0 Å². The maximum Gasteiger partial charge on any atom is 0.132 e. The van der Waals surface area contributed by atoms with Crippen molar-refractivity contribution in [1.29, 1.82) is 0 Å². The van der Waals surface area contributed by atoms with Gasteiger partial charge in [0.2, 0.25) is 0 Å². The molecule has 1 nitrogen and oxygen atoms in total. The predicted octanol–water partition coefficient (Wildman–Crippen LogP) is 4.00. The van der Waals surface area contributed by atoms with Gasteiger partial charge >= 0.3 is 0 Å². The quantitative estimate of drug-likeness (QED) is 0.705. The number of carbonyl (C=O) groups is 1. The smallest absolute Gasteiger partial charge is 0.132 e. The molecule has 0 spiro atoms. The molecule has 0 amide bonds. The van der Waals surface area contributed by atoms with Crippen LogP contribution in [0.3, 0.4) is 0 Å². The normalized spacial score (nSPS) is 10.4. The van der Waals surface area contributed by atoms with Gasteiger partial charge in [0, 0.05) is 12.8 Å². The summed E-state index contributed by atoms with van der Waals surface area (Å²) in [6, 6.07) is 6.63. The molecule has 1 aromatic carbocycles. The zero-order valence-corrected chi connectivity index (χ0v) is 10.7. The van der Waals surface area contributed by atoms with Crippen molar-refractivity contribution < 1.29 is 4.79 Å². The van der Waals surface area contributed by atoms with Crippen LogP contribution in [0.4, 0.5) is 0 Å². The summed E-state index contributed by atoms with van der Waals surface area (Å²) in [5.41, 5.74) is 3.99. The van der Waals surface area contributed by atoms with E-state index in [1.54, 1.807) is 0 Å². The van der Waals surface area contributed by atoms with E-state index in [9.17, 15) is 4.79 Å². The van der Waals surface area contributed by atoms with E-state index in [4.69, 9.17) is 0 Å². The highest BCUT2D eigenvalue weighted by Gasteiger charge is 2.01. The van der Waals surface area contributed by atoms with E-state index in [0.717, 1.165) is 32.1 Å². The number of ketones is 1. The van der Waals surface area contributed by atoms with Crippen molar-refractivity contribution in [2.45, 2.75) is 52.9 Å². The lowest BCUT2D eigenvalue weighted by Crippen LogP contribution is -1.98. The fraction of sp³-hybridized carbons (Fsp3) is 0.533. The highest BCUT2D eigenvalue weighted by Crippen LogP contribution is 2.12. The zero-order chi connectivity index (χ0) is 12.0. The van der Waals surface area contributed by atoms with Crippen molar-refractivity contribution >= 4 is 5.78 Å². The number of hydrogen-bond acceptors (Lipinski definition) is 1. The second-order valence-corrected chi connectivity index (χ2v) is 4.64. The maximum atomic E-state index is 11.4. The predicted molar refractivity (Wildman–Crippen MR) is 68.8 cm³/mol. The van der Waals surface area contributed by atoms with Crippen LogP contribution >= 0.6 is 0 Å². The fourth-order valence-electron chi connectivity index (χ4n) is 2.11. The van der Waals surface area contributed by atoms with E-state index in [-0.39, 0.29) is 0 Å². The molecule has 0 N–H and O–H groups in total. The summed E-state index contributed by atoms with van der Waals surface area (Å²) in [5, 5.41) is 0. The van der Waals surface area contributed by atoms with Gasteiger partial charge in [-0.1, -0.05) is 36.2 Å². The van der Waals surface area contributed by atoms with Crippen LogP contribution < -0.4 is 0 Å². The third-order valence-electron chi connectivity index (χ3n) is 2.73. The van der Waals surface area contributed by atoms with Crippen molar-refractivity contribution in [2.24, 2.45) is 0 Å². The summed E-state index contributed by atoms with van der Waals surface area (Å²) in [7, 11) is 0.